The highest BCUT2D eigenvalue weighted by Crippen LogP contribution is 2.37. The Hall–Kier alpha value is -1.23. The van der Waals surface area contributed by atoms with Crippen molar-refractivity contribution in [3.05, 3.63) is 34.1 Å². The van der Waals surface area contributed by atoms with Crippen LogP contribution in [-0.2, 0) is 16.0 Å². The van der Waals surface area contributed by atoms with Gasteiger partial charge in [-0.1, -0.05) is 12.5 Å². The molecule has 0 heterocycles. The molecule has 0 radical (unpaired) electrons. The average Bonchev–Trinajstić information content (AvgIpc) is 2.36. The summed E-state index contributed by atoms with van der Waals surface area (Å²) in [7, 11) is 0. The van der Waals surface area contributed by atoms with Crippen LogP contribution < -0.4 is 0 Å². The lowest BCUT2D eigenvalue weighted by molar-refractivity contribution is -0.157. The predicted molar refractivity (Wildman–Crippen MR) is 71.3 cm³/mol. The van der Waals surface area contributed by atoms with E-state index in [9.17, 15) is 19.1 Å². The third-order valence-corrected chi connectivity index (χ3v) is 4.30. The molecule has 3 nitrogen and oxygen atoms in total. The zero-order chi connectivity index (χ0) is 14.0. The smallest absolute Gasteiger partial charge is 0.317 e. The summed E-state index contributed by atoms with van der Waals surface area (Å²) in [5.41, 5.74) is -0.680. The van der Waals surface area contributed by atoms with Crippen molar-refractivity contribution >= 4 is 27.7 Å². The molecule has 19 heavy (non-hydrogen) atoms. The normalized spacial score (nSPS) is 23.4. The first-order valence-corrected chi connectivity index (χ1v) is 6.96. The third kappa shape index (κ3) is 2.71. The molecule has 1 aliphatic rings. The topological polar surface area (TPSA) is 54.4 Å². The summed E-state index contributed by atoms with van der Waals surface area (Å²) in [4.78, 5) is 23.6. The van der Waals surface area contributed by atoms with Crippen molar-refractivity contribution in [1.82, 2.24) is 0 Å². The highest BCUT2D eigenvalue weighted by atomic mass is 79.9. The molecule has 102 valence electrons. The van der Waals surface area contributed by atoms with Crippen LogP contribution in [-0.4, -0.2) is 16.9 Å². The first-order chi connectivity index (χ1) is 8.95. The van der Waals surface area contributed by atoms with Crippen LogP contribution in [0.15, 0.2) is 22.7 Å². The summed E-state index contributed by atoms with van der Waals surface area (Å²) in [5.74, 6) is -1.69. The van der Waals surface area contributed by atoms with Crippen molar-refractivity contribution in [2.45, 2.75) is 32.1 Å². The van der Waals surface area contributed by atoms with E-state index in [4.69, 9.17) is 0 Å². The molecule has 1 unspecified atom stereocenters. The van der Waals surface area contributed by atoms with Gasteiger partial charge >= 0.3 is 5.97 Å². The lowest BCUT2D eigenvalue weighted by Crippen LogP contribution is -2.43. The summed E-state index contributed by atoms with van der Waals surface area (Å²) < 4.78 is 13.5. The van der Waals surface area contributed by atoms with E-state index in [0.29, 0.717) is 18.4 Å². The molecule has 0 spiro atoms. The van der Waals surface area contributed by atoms with Gasteiger partial charge < -0.3 is 5.11 Å². The summed E-state index contributed by atoms with van der Waals surface area (Å²) >= 11 is 3.07. The Bertz CT molecular complexity index is 529. The Kier molecular flexibility index (Phi) is 4.04. The van der Waals surface area contributed by atoms with E-state index in [1.165, 1.54) is 12.1 Å². The second kappa shape index (κ2) is 5.41. The Balaban J connectivity index is 2.33. The van der Waals surface area contributed by atoms with Crippen molar-refractivity contribution < 1.29 is 19.1 Å². The number of hydrogen-bond acceptors (Lipinski definition) is 2. The summed E-state index contributed by atoms with van der Waals surface area (Å²) in [6.45, 7) is 0. The maximum atomic E-state index is 13.2. The van der Waals surface area contributed by atoms with Crippen LogP contribution in [0.4, 0.5) is 4.39 Å². The van der Waals surface area contributed by atoms with Gasteiger partial charge in [-0.3, -0.25) is 9.59 Å². The Labute approximate surface area is 118 Å². The van der Waals surface area contributed by atoms with Crippen molar-refractivity contribution in [3.63, 3.8) is 0 Å². The number of hydrogen-bond donors (Lipinski definition) is 1. The molecule has 0 amide bonds. The standard InChI is InChI=1S/C14H14BrFO3/c15-10-7-9(4-5-11(10)16)8-14(13(18)19)6-2-1-3-12(14)17/h4-5,7H,1-3,6,8H2,(H,18,19). The fourth-order valence-electron chi connectivity index (χ4n) is 2.58. The van der Waals surface area contributed by atoms with Crippen LogP contribution in [0, 0.1) is 11.2 Å². The Morgan fingerprint density at radius 1 is 1.42 bits per heavy atom. The van der Waals surface area contributed by atoms with Gasteiger partial charge in [-0.05, 0) is 52.9 Å². The van der Waals surface area contributed by atoms with Gasteiger partial charge in [0.2, 0.25) is 0 Å². The molecule has 1 fully saturated rings. The first kappa shape index (κ1) is 14.2. The largest absolute Gasteiger partial charge is 0.480 e. The summed E-state index contributed by atoms with van der Waals surface area (Å²) in [6, 6.07) is 4.36. The fourth-order valence-corrected chi connectivity index (χ4v) is 3.00. The van der Waals surface area contributed by atoms with Crippen LogP contribution in [0.5, 0.6) is 0 Å². The maximum absolute atomic E-state index is 13.2. The van der Waals surface area contributed by atoms with Crippen LogP contribution in [0.2, 0.25) is 0 Å². The average molecular weight is 329 g/mol. The number of aliphatic carboxylic acids is 1. The SMILES string of the molecule is O=C(O)C1(Cc2ccc(F)c(Br)c2)CCCCC1=O. The number of benzene rings is 1. The number of ketones is 1. The zero-order valence-corrected chi connectivity index (χ0v) is 11.9. The molecule has 0 saturated heterocycles. The quantitative estimate of drug-likeness (QED) is 0.866. The minimum atomic E-state index is -1.34. The second-order valence-corrected chi connectivity index (χ2v) is 5.80. The minimum absolute atomic E-state index is 0.125. The lowest BCUT2D eigenvalue weighted by Gasteiger charge is -2.31. The van der Waals surface area contributed by atoms with Gasteiger partial charge in [0, 0.05) is 6.42 Å². The molecule has 2 rings (SSSR count). The monoisotopic (exact) mass is 328 g/mol. The number of halogens is 2. The Morgan fingerprint density at radius 3 is 2.74 bits per heavy atom. The second-order valence-electron chi connectivity index (χ2n) is 4.94. The van der Waals surface area contributed by atoms with E-state index >= 15 is 0 Å². The molecular formula is C14H14BrFO3. The van der Waals surface area contributed by atoms with E-state index < -0.39 is 17.2 Å². The van der Waals surface area contributed by atoms with Gasteiger partial charge in [0.25, 0.3) is 0 Å². The van der Waals surface area contributed by atoms with E-state index in [-0.39, 0.29) is 16.7 Å². The van der Waals surface area contributed by atoms with Crippen molar-refractivity contribution in [2.24, 2.45) is 5.41 Å². The molecule has 0 bridgehead atoms. The van der Waals surface area contributed by atoms with Crippen molar-refractivity contribution in [1.29, 1.82) is 0 Å². The maximum Gasteiger partial charge on any atom is 0.317 e. The molecule has 0 aliphatic heterocycles. The van der Waals surface area contributed by atoms with E-state index in [0.717, 1.165) is 12.8 Å². The molecule has 1 atom stereocenters. The number of Topliss-reactive ketones (excluding diaryl/α,β-unsaturated/α-hetero) is 1. The van der Waals surface area contributed by atoms with E-state index in [2.05, 4.69) is 15.9 Å². The molecule has 1 aromatic carbocycles. The number of carbonyl (C=O) groups excluding carboxylic acids is 1. The summed E-state index contributed by atoms with van der Waals surface area (Å²) in [6.07, 6.45) is 2.28. The van der Waals surface area contributed by atoms with E-state index in [1.54, 1.807) is 6.07 Å². The minimum Gasteiger partial charge on any atom is -0.480 e. The lowest BCUT2D eigenvalue weighted by atomic mass is 9.69. The highest BCUT2D eigenvalue weighted by molar-refractivity contribution is 9.10. The number of carboxylic acid groups (broad SMARTS) is 1. The Morgan fingerprint density at radius 2 is 2.16 bits per heavy atom. The number of carbonyl (C=O) groups is 2. The van der Waals surface area contributed by atoms with Gasteiger partial charge in [-0.25, -0.2) is 4.39 Å². The van der Waals surface area contributed by atoms with Crippen LogP contribution in [0.1, 0.15) is 31.2 Å². The van der Waals surface area contributed by atoms with Gasteiger partial charge in [0.15, 0.2) is 5.78 Å². The molecule has 0 aromatic heterocycles. The van der Waals surface area contributed by atoms with Crippen LogP contribution >= 0.6 is 15.9 Å². The van der Waals surface area contributed by atoms with Gasteiger partial charge in [-0.15, -0.1) is 0 Å². The van der Waals surface area contributed by atoms with Crippen molar-refractivity contribution in [2.75, 3.05) is 0 Å². The molecular weight excluding hydrogens is 315 g/mol. The molecule has 1 N–H and O–H groups in total. The van der Waals surface area contributed by atoms with Gasteiger partial charge in [0.1, 0.15) is 11.2 Å². The van der Waals surface area contributed by atoms with Gasteiger partial charge in [0.05, 0.1) is 4.47 Å². The van der Waals surface area contributed by atoms with E-state index in [1.807, 2.05) is 0 Å². The number of carboxylic acids is 1. The fraction of sp³-hybridized carbons (Fsp3) is 0.429. The van der Waals surface area contributed by atoms with Crippen LogP contribution in [0.25, 0.3) is 0 Å². The number of rotatable bonds is 3. The van der Waals surface area contributed by atoms with Crippen LogP contribution in [0.3, 0.4) is 0 Å². The third-order valence-electron chi connectivity index (χ3n) is 3.69. The first-order valence-electron chi connectivity index (χ1n) is 6.16. The molecule has 1 aliphatic carbocycles. The highest BCUT2D eigenvalue weighted by Gasteiger charge is 2.46. The molecule has 5 heteroatoms. The van der Waals surface area contributed by atoms with Crippen molar-refractivity contribution in [3.8, 4) is 0 Å². The van der Waals surface area contributed by atoms with Gasteiger partial charge in [-0.2, -0.15) is 0 Å². The molecule has 1 aromatic rings. The zero-order valence-electron chi connectivity index (χ0n) is 10.3. The molecule has 1 saturated carbocycles. The predicted octanol–water partition coefficient (Wildman–Crippen LogP) is 3.34. The summed E-state index contributed by atoms with van der Waals surface area (Å²) in [5, 5.41) is 9.44.